The van der Waals surface area contributed by atoms with E-state index >= 15 is 0 Å². The van der Waals surface area contributed by atoms with Crippen molar-refractivity contribution in [2.75, 3.05) is 6.54 Å². The van der Waals surface area contributed by atoms with Crippen molar-refractivity contribution < 1.29 is 4.39 Å². The van der Waals surface area contributed by atoms with Crippen molar-refractivity contribution in [2.24, 2.45) is 5.73 Å². The summed E-state index contributed by atoms with van der Waals surface area (Å²) in [5.74, 6) is 0.650. The molecule has 84 valence electrons. The molecule has 4 nitrogen and oxygen atoms in total. The normalized spacial score (nSPS) is 12.7. The molecule has 0 radical (unpaired) electrons. The summed E-state index contributed by atoms with van der Waals surface area (Å²) in [5.41, 5.74) is 6.99. The van der Waals surface area contributed by atoms with Crippen LogP contribution in [0.5, 0.6) is 0 Å². The van der Waals surface area contributed by atoms with E-state index in [-0.39, 0.29) is 11.7 Å². The summed E-state index contributed by atoms with van der Waals surface area (Å²) in [6.45, 7) is 2.52. The molecule has 2 rings (SSSR count). The Bertz CT molecular complexity index is 463. The van der Waals surface area contributed by atoms with Gasteiger partial charge in [-0.3, -0.25) is 4.98 Å². The van der Waals surface area contributed by atoms with Crippen molar-refractivity contribution in [3.05, 3.63) is 36.2 Å². The molecule has 2 aromatic rings. The smallest absolute Gasteiger partial charge is 0.141 e. The van der Waals surface area contributed by atoms with E-state index in [0.29, 0.717) is 12.2 Å². The lowest BCUT2D eigenvalue weighted by Crippen LogP contribution is -2.10. The van der Waals surface area contributed by atoms with Gasteiger partial charge in [0.15, 0.2) is 0 Å². The average Bonchev–Trinajstić information content (AvgIpc) is 2.78. The van der Waals surface area contributed by atoms with Crippen LogP contribution in [0.15, 0.2) is 24.5 Å². The molecule has 2 aromatic heterocycles. The molecular weight excluding hydrogens is 207 g/mol. The molecule has 1 atom stereocenters. The van der Waals surface area contributed by atoms with Crippen molar-refractivity contribution in [3.63, 3.8) is 0 Å². The highest BCUT2D eigenvalue weighted by molar-refractivity contribution is 5.52. The van der Waals surface area contributed by atoms with E-state index < -0.39 is 0 Å². The Labute approximate surface area is 92.7 Å². The zero-order valence-electron chi connectivity index (χ0n) is 8.94. The Morgan fingerprint density at radius 2 is 2.19 bits per heavy atom. The minimum Gasteiger partial charge on any atom is -0.340 e. The summed E-state index contributed by atoms with van der Waals surface area (Å²) >= 11 is 0. The van der Waals surface area contributed by atoms with Crippen LogP contribution >= 0.6 is 0 Å². The Balaban J connectivity index is 2.28. The van der Waals surface area contributed by atoms with Gasteiger partial charge in [0.2, 0.25) is 0 Å². The van der Waals surface area contributed by atoms with E-state index in [0.717, 1.165) is 11.5 Å². The molecule has 2 heterocycles. The number of aromatic nitrogens is 3. The van der Waals surface area contributed by atoms with Crippen LogP contribution < -0.4 is 5.73 Å². The van der Waals surface area contributed by atoms with Crippen LogP contribution in [0.4, 0.5) is 4.39 Å². The van der Waals surface area contributed by atoms with Gasteiger partial charge in [0, 0.05) is 12.5 Å². The summed E-state index contributed by atoms with van der Waals surface area (Å²) in [6, 6.07) is 2.98. The van der Waals surface area contributed by atoms with Crippen LogP contribution in [0.2, 0.25) is 0 Å². The van der Waals surface area contributed by atoms with Crippen molar-refractivity contribution >= 4 is 0 Å². The quantitative estimate of drug-likeness (QED) is 0.826. The molecule has 0 saturated carbocycles. The molecule has 0 bridgehead atoms. The van der Waals surface area contributed by atoms with Gasteiger partial charge in [0.05, 0.1) is 23.8 Å². The number of hydrogen-bond acceptors (Lipinski definition) is 3. The third-order valence-electron chi connectivity index (χ3n) is 2.42. The molecule has 16 heavy (non-hydrogen) atoms. The standard InChI is InChI=1S/C11H13FN4/c1-7(4-13)11-15-6-10(16-11)9-3-2-8(12)5-14-9/h2-3,5-7H,4,13H2,1H3,(H,15,16). The van der Waals surface area contributed by atoms with Crippen LogP contribution in [0.1, 0.15) is 18.7 Å². The molecule has 0 spiro atoms. The molecule has 0 fully saturated rings. The Kier molecular flexibility index (Phi) is 2.96. The molecule has 0 aliphatic carbocycles. The van der Waals surface area contributed by atoms with Gasteiger partial charge in [-0.25, -0.2) is 9.37 Å². The van der Waals surface area contributed by atoms with Crippen molar-refractivity contribution in [1.82, 2.24) is 15.0 Å². The van der Waals surface area contributed by atoms with Crippen LogP contribution in [0, 0.1) is 5.82 Å². The second-order valence-corrected chi connectivity index (χ2v) is 3.68. The first-order chi connectivity index (χ1) is 7.70. The number of halogens is 1. The summed E-state index contributed by atoms with van der Waals surface area (Å²) < 4.78 is 12.7. The lowest BCUT2D eigenvalue weighted by molar-refractivity contribution is 0.622. The molecule has 0 aliphatic rings. The minimum absolute atomic E-state index is 0.175. The van der Waals surface area contributed by atoms with Gasteiger partial charge in [-0.1, -0.05) is 6.92 Å². The Morgan fingerprint density at radius 3 is 2.81 bits per heavy atom. The van der Waals surface area contributed by atoms with Crippen molar-refractivity contribution in [3.8, 4) is 11.4 Å². The number of aromatic amines is 1. The molecule has 0 saturated heterocycles. The maximum atomic E-state index is 12.7. The highest BCUT2D eigenvalue weighted by atomic mass is 19.1. The molecule has 0 amide bonds. The zero-order chi connectivity index (χ0) is 11.5. The first-order valence-corrected chi connectivity index (χ1v) is 5.07. The highest BCUT2D eigenvalue weighted by Gasteiger charge is 2.09. The van der Waals surface area contributed by atoms with E-state index in [1.807, 2.05) is 6.92 Å². The predicted octanol–water partition coefficient (Wildman–Crippen LogP) is 1.67. The SMILES string of the molecule is CC(CN)c1ncc(-c2ccc(F)cn2)[nH]1. The molecule has 0 aliphatic heterocycles. The van der Waals surface area contributed by atoms with Crippen LogP contribution in [-0.2, 0) is 0 Å². The van der Waals surface area contributed by atoms with Gasteiger partial charge in [-0.2, -0.15) is 0 Å². The van der Waals surface area contributed by atoms with Crippen molar-refractivity contribution in [1.29, 1.82) is 0 Å². The number of pyridine rings is 1. The lowest BCUT2D eigenvalue weighted by Gasteiger charge is -2.03. The summed E-state index contributed by atoms with van der Waals surface area (Å²) in [5, 5.41) is 0. The summed E-state index contributed by atoms with van der Waals surface area (Å²) in [4.78, 5) is 11.3. The second kappa shape index (κ2) is 4.40. The summed E-state index contributed by atoms with van der Waals surface area (Å²) in [6.07, 6.45) is 2.87. The maximum Gasteiger partial charge on any atom is 0.141 e. The zero-order valence-corrected chi connectivity index (χ0v) is 8.94. The van der Waals surface area contributed by atoms with E-state index in [2.05, 4.69) is 15.0 Å². The number of H-pyrrole nitrogens is 1. The summed E-state index contributed by atoms with van der Waals surface area (Å²) in [7, 11) is 0. The number of hydrogen-bond donors (Lipinski definition) is 2. The van der Waals surface area contributed by atoms with Crippen LogP contribution in [0.3, 0.4) is 0 Å². The molecule has 3 N–H and O–H groups in total. The number of rotatable bonds is 3. The van der Waals surface area contributed by atoms with Gasteiger partial charge in [-0.05, 0) is 12.1 Å². The molecule has 0 aromatic carbocycles. The first kappa shape index (κ1) is 10.8. The first-order valence-electron chi connectivity index (χ1n) is 5.07. The second-order valence-electron chi connectivity index (χ2n) is 3.68. The average molecular weight is 220 g/mol. The number of imidazole rings is 1. The Hall–Kier alpha value is -1.75. The van der Waals surface area contributed by atoms with Gasteiger partial charge >= 0.3 is 0 Å². The van der Waals surface area contributed by atoms with E-state index in [9.17, 15) is 4.39 Å². The van der Waals surface area contributed by atoms with E-state index in [4.69, 9.17) is 5.73 Å². The predicted molar refractivity (Wildman–Crippen MR) is 59.2 cm³/mol. The van der Waals surface area contributed by atoms with Crippen LogP contribution in [0.25, 0.3) is 11.4 Å². The van der Waals surface area contributed by atoms with E-state index in [1.54, 1.807) is 12.3 Å². The Morgan fingerprint density at radius 1 is 1.38 bits per heavy atom. The van der Waals surface area contributed by atoms with Gasteiger partial charge < -0.3 is 10.7 Å². The van der Waals surface area contributed by atoms with Gasteiger partial charge in [0.25, 0.3) is 0 Å². The highest BCUT2D eigenvalue weighted by Crippen LogP contribution is 2.17. The molecule has 5 heteroatoms. The number of nitrogens with two attached hydrogens (primary N) is 1. The number of nitrogens with one attached hydrogen (secondary N) is 1. The topological polar surface area (TPSA) is 67.6 Å². The van der Waals surface area contributed by atoms with Gasteiger partial charge in [-0.15, -0.1) is 0 Å². The third kappa shape index (κ3) is 2.09. The third-order valence-corrected chi connectivity index (χ3v) is 2.42. The van der Waals surface area contributed by atoms with Crippen LogP contribution in [-0.4, -0.2) is 21.5 Å². The maximum absolute atomic E-state index is 12.7. The fourth-order valence-corrected chi connectivity index (χ4v) is 1.36. The van der Waals surface area contributed by atoms with E-state index in [1.165, 1.54) is 12.3 Å². The lowest BCUT2D eigenvalue weighted by atomic mass is 10.2. The van der Waals surface area contributed by atoms with Gasteiger partial charge in [0.1, 0.15) is 11.6 Å². The monoisotopic (exact) mass is 220 g/mol. The number of nitrogens with zero attached hydrogens (tertiary/aromatic N) is 2. The fourth-order valence-electron chi connectivity index (χ4n) is 1.36. The molecule has 1 unspecified atom stereocenters. The fraction of sp³-hybridized carbons (Fsp3) is 0.273. The van der Waals surface area contributed by atoms with Crippen molar-refractivity contribution in [2.45, 2.75) is 12.8 Å². The largest absolute Gasteiger partial charge is 0.340 e. The minimum atomic E-state index is -0.348. The molecular formula is C11H13FN4.